The molecule has 0 spiro atoms. The number of hydrogen-bond donors (Lipinski definition) is 2. The first-order valence-corrected chi connectivity index (χ1v) is 6.37. The Morgan fingerprint density at radius 2 is 2.05 bits per heavy atom. The van der Waals surface area contributed by atoms with Crippen molar-refractivity contribution in [3.63, 3.8) is 0 Å². The Morgan fingerprint density at radius 1 is 1.20 bits per heavy atom. The van der Waals surface area contributed by atoms with Gasteiger partial charge in [-0.3, -0.25) is 4.98 Å². The van der Waals surface area contributed by atoms with Crippen molar-refractivity contribution in [2.24, 2.45) is 0 Å². The molecule has 0 radical (unpaired) electrons. The van der Waals surface area contributed by atoms with E-state index in [2.05, 4.69) is 9.97 Å². The van der Waals surface area contributed by atoms with Gasteiger partial charge in [-0.1, -0.05) is 6.07 Å². The van der Waals surface area contributed by atoms with Gasteiger partial charge in [0.1, 0.15) is 11.4 Å². The van der Waals surface area contributed by atoms with Gasteiger partial charge in [0.05, 0.1) is 30.5 Å². The Balaban J connectivity index is 2.04. The number of aromatic hydroxyl groups is 1. The maximum absolute atomic E-state index is 9.87. The molecule has 0 fully saturated rings. The van der Waals surface area contributed by atoms with E-state index in [1.807, 2.05) is 29.7 Å². The van der Waals surface area contributed by atoms with E-state index in [9.17, 15) is 10.2 Å². The van der Waals surface area contributed by atoms with E-state index in [-0.39, 0.29) is 12.4 Å². The quantitative estimate of drug-likeness (QED) is 0.762. The summed E-state index contributed by atoms with van der Waals surface area (Å²) >= 11 is 0. The Hall–Kier alpha value is -2.40. The lowest BCUT2D eigenvalue weighted by Crippen LogP contribution is -2.02. The van der Waals surface area contributed by atoms with Gasteiger partial charge in [0, 0.05) is 5.69 Å². The van der Waals surface area contributed by atoms with Crippen molar-refractivity contribution in [3.05, 3.63) is 53.6 Å². The van der Waals surface area contributed by atoms with E-state index in [0.717, 1.165) is 22.3 Å². The second kappa shape index (κ2) is 4.94. The molecule has 2 N–H and O–H groups in total. The van der Waals surface area contributed by atoms with Gasteiger partial charge in [-0.25, -0.2) is 4.98 Å². The largest absolute Gasteiger partial charge is 0.506 e. The second-order valence-corrected chi connectivity index (χ2v) is 4.77. The monoisotopic (exact) mass is 269 g/mol. The van der Waals surface area contributed by atoms with Crippen molar-refractivity contribution in [3.8, 4) is 5.75 Å². The molecule has 20 heavy (non-hydrogen) atoms. The maximum atomic E-state index is 9.87. The molecule has 0 aliphatic rings. The smallest absolute Gasteiger partial charge is 0.138 e. The van der Waals surface area contributed by atoms with Gasteiger partial charge in [0.15, 0.2) is 0 Å². The lowest BCUT2D eigenvalue weighted by Gasteiger charge is -2.07. The van der Waals surface area contributed by atoms with Crippen molar-refractivity contribution < 1.29 is 10.2 Å². The Bertz CT molecular complexity index is 765. The molecule has 0 bridgehead atoms. The molecule has 5 heteroatoms. The number of aliphatic hydroxyl groups is 1. The first-order valence-electron chi connectivity index (χ1n) is 6.37. The number of fused-ring (bicyclic) bond motifs is 1. The van der Waals surface area contributed by atoms with E-state index >= 15 is 0 Å². The minimum Gasteiger partial charge on any atom is -0.506 e. The van der Waals surface area contributed by atoms with Crippen LogP contribution < -0.4 is 0 Å². The van der Waals surface area contributed by atoms with Crippen LogP contribution in [0.15, 0.2) is 36.7 Å². The first-order chi connectivity index (χ1) is 9.67. The summed E-state index contributed by atoms with van der Waals surface area (Å²) in [5.74, 6) is 0.177. The third-order valence-corrected chi connectivity index (χ3v) is 3.28. The fourth-order valence-corrected chi connectivity index (χ4v) is 2.21. The second-order valence-electron chi connectivity index (χ2n) is 4.77. The molecular weight excluding hydrogens is 254 g/mol. The summed E-state index contributed by atoms with van der Waals surface area (Å²) in [5.41, 5.74) is 4.08. The summed E-state index contributed by atoms with van der Waals surface area (Å²) in [6.07, 6.45) is 1.72. The molecule has 0 unspecified atom stereocenters. The van der Waals surface area contributed by atoms with Crippen LogP contribution in [0.25, 0.3) is 11.0 Å². The number of benzene rings is 1. The average molecular weight is 269 g/mol. The lowest BCUT2D eigenvalue weighted by molar-refractivity contribution is 0.282. The summed E-state index contributed by atoms with van der Waals surface area (Å²) < 4.78 is 1.91. The van der Waals surface area contributed by atoms with Crippen LogP contribution >= 0.6 is 0 Å². The number of imidazole rings is 1. The molecule has 0 aliphatic carbocycles. The van der Waals surface area contributed by atoms with Crippen LogP contribution in [0.4, 0.5) is 0 Å². The van der Waals surface area contributed by atoms with Crippen LogP contribution in [-0.2, 0) is 13.2 Å². The average Bonchev–Trinajstić information content (AvgIpc) is 2.85. The maximum Gasteiger partial charge on any atom is 0.138 e. The number of nitrogens with zero attached hydrogens (tertiary/aromatic N) is 3. The van der Waals surface area contributed by atoms with Crippen molar-refractivity contribution in [1.29, 1.82) is 0 Å². The number of aryl methyl sites for hydroxylation is 1. The van der Waals surface area contributed by atoms with Gasteiger partial charge in [0.2, 0.25) is 0 Å². The zero-order valence-electron chi connectivity index (χ0n) is 11.1. The molecule has 0 amide bonds. The van der Waals surface area contributed by atoms with Crippen molar-refractivity contribution in [1.82, 2.24) is 14.5 Å². The molecule has 0 saturated heterocycles. The van der Waals surface area contributed by atoms with Gasteiger partial charge in [-0.15, -0.1) is 0 Å². The molecular formula is C15H15N3O2. The zero-order valence-corrected chi connectivity index (χ0v) is 11.1. The summed E-state index contributed by atoms with van der Waals surface area (Å²) in [6.45, 7) is 2.33. The topological polar surface area (TPSA) is 71.2 Å². The number of aliphatic hydroxyl groups excluding tert-OH is 1. The SMILES string of the molecule is Cc1ccc(O)c(Cn2cnc3ccc(CO)cc32)n1. The predicted molar refractivity (Wildman–Crippen MR) is 75.4 cm³/mol. The van der Waals surface area contributed by atoms with Crippen molar-refractivity contribution >= 4 is 11.0 Å². The van der Waals surface area contributed by atoms with Crippen LogP contribution in [0.2, 0.25) is 0 Å². The van der Waals surface area contributed by atoms with E-state index in [4.69, 9.17) is 0 Å². The molecule has 5 nitrogen and oxygen atoms in total. The van der Waals surface area contributed by atoms with Crippen LogP contribution in [0.1, 0.15) is 17.0 Å². The third kappa shape index (κ3) is 2.23. The highest BCUT2D eigenvalue weighted by Crippen LogP contribution is 2.20. The van der Waals surface area contributed by atoms with Gasteiger partial charge >= 0.3 is 0 Å². The van der Waals surface area contributed by atoms with E-state index in [0.29, 0.717) is 12.2 Å². The molecule has 0 atom stereocenters. The summed E-state index contributed by atoms with van der Waals surface area (Å²) in [4.78, 5) is 8.66. The van der Waals surface area contributed by atoms with E-state index in [1.165, 1.54) is 0 Å². The van der Waals surface area contributed by atoms with Crippen molar-refractivity contribution in [2.75, 3.05) is 0 Å². The molecule has 2 heterocycles. The number of hydrogen-bond acceptors (Lipinski definition) is 4. The lowest BCUT2D eigenvalue weighted by atomic mass is 10.2. The Morgan fingerprint density at radius 3 is 2.85 bits per heavy atom. The molecule has 2 aromatic heterocycles. The minimum atomic E-state index is -0.00490. The number of pyridine rings is 1. The highest BCUT2D eigenvalue weighted by Gasteiger charge is 2.08. The standard InChI is InChI=1S/C15H15N3O2/c1-10-2-5-15(20)13(17-10)7-18-9-16-12-4-3-11(8-19)6-14(12)18/h2-6,9,19-20H,7-8H2,1H3. The van der Waals surface area contributed by atoms with Crippen LogP contribution in [0.5, 0.6) is 5.75 Å². The molecule has 3 rings (SSSR count). The number of aromatic nitrogens is 3. The van der Waals surface area contributed by atoms with E-state index < -0.39 is 0 Å². The molecule has 0 saturated carbocycles. The third-order valence-electron chi connectivity index (χ3n) is 3.28. The van der Waals surface area contributed by atoms with Gasteiger partial charge in [-0.05, 0) is 36.8 Å². The highest BCUT2D eigenvalue weighted by atomic mass is 16.3. The highest BCUT2D eigenvalue weighted by molar-refractivity contribution is 5.76. The predicted octanol–water partition coefficient (Wildman–Crippen LogP) is 1.99. The van der Waals surface area contributed by atoms with Gasteiger partial charge in [-0.2, -0.15) is 0 Å². The first kappa shape index (κ1) is 12.6. The van der Waals surface area contributed by atoms with Crippen LogP contribution in [0.3, 0.4) is 0 Å². The minimum absolute atomic E-state index is 0.00490. The normalized spacial score (nSPS) is 11.1. The molecule has 102 valence electrons. The summed E-state index contributed by atoms with van der Waals surface area (Å²) in [6, 6.07) is 9.04. The number of rotatable bonds is 3. The summed E-state index contributed by atoms with van der Waals surface area (Å²) in [5, 5.41) is 19.1. The fourth-order valence-electron chi connectivity index (χ4n) is 2.21. The molecule has 3 aromatic rings. The van der Waals surface area contributed by atoms with Crippen LogP contribution in [0, 0.1) is 6.92 Å². The van der Waals surface area contributed by atoms with Crippen LogP contribution in [-0.4, -0.2) is 24.7 Å². The fraction of sp³-hybridized carbons (Fsp3) is 0.200. The Labute approximate surface area is 116 Å². The zero-order chi connectivity index (χ0) is 14.1. The molecule has 0 aliphatic heterocycles. The van der Waals surface area contributed by atoms with Gasteiger partial charge < -0.3 is 14.8 Å². The Kier molecular flexibility index (Phi) is 3.12. The molecule has 1 aromatic carbocycles. The van der Waals surface area contributed by atoms with Gasteiger partial charge in [0.25, 0.3) is 0 Å². The van der Waals surface area contributed by atoms with E-state index in [1.54, 1.807) is 18.5 Å². The summed E-state index contributed by atoms with van der Waals surface area (Å²) in [7, 11) is 0. The van der Waals surface area contributed by atoms with Crippen molar-refractivity contribution in [2.45, 2.75) is 20.1 Å².